The molecule has 1 heterocycles. The summed E-state index contributed by atoms with van der Waals surface area (Å²) < 4.78 is 0. The Balaban J connectivity index is 1.88. The highest BCUT2D eigenvalue weighted by molar-refractivity contribution is 6.42. The first kappa shape index (κ1) is 13.5. The molecule has 3 N–H and O–H groups in total. The Bertz CT molecular complexity index is 433. The van der Waals surface area contributed by atoms with Crippen LogP contribution in [0.3, 0.4) is 0 Å². The smallest absolute Gasteiger partial charge is 0.319 e. The molecule has 0 bridgehead atoms. The van der Waals surface area contributed by atoms with Gasteiger partial charge in [0.1, 0.15) is 0 Å². The molecule has 0 aliphatic carbocycles. The van der Waals surface area contributed by atoms with Gasteiger partial charge < -0.3 is 16.0 Å². The summed E-state index contributed by atoms with van der Waals surface area (Å²) in [6, 6.07) is 4.96. The van der Waals surface area contributed by atoms with Gasteiger partial charge in [0.05, 0.1) is 10.0 Å². The topological polar surface area (TPSA) is 53.2 Å². The summed E-state index contributed by atoms with van der Waals surface area (Å²) in [6.45, 7) is 1.83. The number of amides is 2. The molecule has 98 valence electrons. The second kappa shape index (κ2) is 6.27. The zero-order chi connectivity index (χ0) is 13.0. The number of carbonyl (C=O) groups excluding carboxylic acids is 1. The molecule has 1 aliphatic heterocycles. The van der Waals surface area contributed by atoms with Crippen molar-refractivity contribution in [1.82, 2.24) is 10.6 Å². The summed E-state index contributed by atoms with van der Waals surface area (Å²) in [7, 11) is 0. The summed E-state index contributed by atoms with van der Waals surface area (Å²) in [4.78, 5) is 11.8. The third-order valence-corrected chi connectivity index (χ3v) is 3.55. The minimum Gasteiger partial charge on any atom is -0.334 e. The second-order valence-corrected chi connectivity index (χ2v) is 5.09. The predicted octanol–water partition coefficient (Wildman–Crippen LogP) is 2.87. The van der Waals surface area contributed by atoms with E-state index in [9.17, 15) is 4.79 Å². The van der Waals surface area contributed by atoms with E-state index < -0.39 is 0 Å². The average Bonchev–Trinajstić information content (AvgIpc) is 2.35. The van der Waals surface area contributed by atoms with Crippen molar-refractivity contribution < 1.29 is 4.79 Å². The lowest BCUT2D eigenvalue weighted by molar-refractivity contribution is 0.245. The molecule has 0 radical (unpaired) electrons. The Morgan fingerprint density at radius 1 is 1.33 bits per heavy atom. The van der Waals surface area contributed by atoms with E-state index in [1.54, 1.807) is 18.2 Å². The van der Waals surface area contributed by atoms with E-state index in [2.05, 4.69) is 16.0 Å². The summed E-state index contributed by atoms with van der Waals surface area (Å²) in [5.41, 5.74) is 0.630. The molecule has 0 spiro atoms. The number of piperidine rings is 1. The zero-order valence-corrected chi connectivity index (χ0v) is 11.3. The van der Waals surface area contributed by atoms with Crippen LogP contribution in [0.15, 0.2) is 18.2 Å². The number of hydrogen-bond donors (Lipinski definition) is 3. The molecule has 0 unspecified atom stereocenters. The van der Waals surface area contributed by atoms with Gasteiger partial charge >= 0.3 is 6.03 Å². The number of hydrogen-bond acceptors (Lipinski definition) is 2. The monoisotopic (exact) mass is 287 g/mol. The van der Waals surface area contributed by atoms with Crippen LogP contribution in [0.1, 0.15) is 12.8 Å². The van der Waals surface area contributed by atoms with Gasteiger partial charge in [0.15, 0.2) is 0 Å². The van der Waals surface area contributed by atoms with E-state index in [0.29, 0.717) is 15.7 Å². The maximum atomic E-state index is 11.8. The van der Waals surface area contributed by atoms with Gasteiger partial charge in [-0.1, -0.05) is 23.2 Å². The van der Waals surface area contributed by atoms with Crippen LogP contribution in [0.25, 0.3) is 0 Å². The maximum absolute atomic E-state index is 11.8. The van der Waals surface area contributed by atoms with E-state index in [1.165, 1.54) is 0 Å². The Labute approximate surface area is 116 Å². The van der Waals surface area contributed by atoms with Gasteiger partial charge in [0, 0.05) is 18.3 Å². The molecule has 1 aliphatic rings. The second-order valence-electron chi connectivity index (χ2n) is 4.27. The number of benzene rings is 1. The van der Waals surface area contributed by atoms with Crippen molar-refractivity contribution in [3.05, 3.63) is 28.2 Å². The number of nitrogens with one attached hydrogen (secondary N) is 3. The van der Waals surface area contributed by atoms with Crippen LogP contribution < -0.4 is 16.0 Å². The van der Waals surface area contributed by atoms with E-state index in [1.807, 2.05) is 0 Å². The zero-order valence-electron chi connectivity index (χ0n) is 9.80. The van der Waals surface area contributed by atoms with Crippen LogP contribution >= 0.6 is 23.2 Å². The molecule has 4 nitrogen and oxygen atoms in total. The maximum Gasteiger partial charge on any atom is 0.319 e. The Hall–Kier alpha value is -0.970. The summed E-state index contributed by atoms with van der Waals surface area (Å²) in [5.74, 6) is 0. The molecular formula is C12H15Cl2N3O. The van der Waals surface area contributed by atoms with Crippen LogP contribution in [0, 0.1) is 0 Å². The third kappa shape index (κ3) is 3.77. The van der Waals surface area contributed by atoms with E-state index >= 15 is 0 Å². The first-order valence-electron chi connectivity index (χ1n) is 5.88. The fraction of sp³-hybridized carbons (Fsp3) is 0.417. The molecule has 0 saturated carbocycles. The molecule has 1 saturated heterocycles. The summed E-state index contributed by atoms with van der Waals surface area (Å²) >= 11 is 11.7. The summed E-state index contributed by atoms with van der Waals surface area (Å²) in [6.07, 6.45) is 2.08. The van der Waals surface area contributed by atoms with Gasteiger partial charge in [-0.15, -0.1) is 0 Å². The van der Waals surface area contributed by atoms with E-state index in [0.717, 1.165) is 25.9 Å². The lowest BCUT2D eigenvalue weighted by Gasteiger charge is -2.23. The van der Waals surface area contributed by atoms with Crippen molar-refractivity contribution in [3.63, 3.8) is 0 Å². The molecule has 1 fully saturated rings. The van der Waals surface area contributed by atoms with Crippen LogP contribution in [-0.2, 0) is 0 Å². The Morgan fingerprint density at radius 2 is 2.17 bits per heavy atom. The Kier molecular flexibility index (Phi) is 4.69. The van der Waals surface area contributed by atoms with Crippen molar-refractivity contribution in [2.45, 2.75) is 18.9 Å². The van der Waals surface area contributed by atoms with Crippen molar-refractivity contribution >= 4 is 34.9 Å². The number of rotatable bonds is 2. The SMILES string of the molecule is O=C(Nc1ccc(Cl)c(Cl)c1)N[C@H]1CCCNC1. The fourth-order valence-corrected chi connectivity index (χ4v) is 2.20. The molecule has 1 atom stereocenters. The number of anilines is 1. The standard InChI is InChI=1S/C12H15Cl2N3O/c13-10-4-3-8(6-11(10)14)16-12(18)17-9-2-1-5-15-7-9/h3-4,6,9,15H,1-2,5,7H2,(H2,16,17,18)/t9-/m0/s1. The van der Waals surface area contributed by atoms with Gasteiger partial charge in [-0.05, 0) is 37.6 Å². The van der Waals surface area contributed by atoms with Crippen molar-refractivity contribution in [2.24, 2.45) is 0 Å². The van der Waals surface area contributed by atoms with Crippen LogP contribution in [-0.4, -0.2) is 25.2 Å². The lowest BCUT2D eigenvalue weighted by Crippen LogP contribution is -2.47. The third-order valence-electron chi connectivity index (χ3n) is 2.81. The molecule has 0 aromatic heterocycles. The molecule has 2 rings (SSSR count). The highest BCUT2D eigenvalue weighted by Crippen LogP contribution is 2.24. The van der Waals surface area contributed by atoms with Gasteiger partial charge in [-0.2, -0.15) is 0 Å². The van der Waals surface area contributed by atoms with Gasteiger partial charge in [0.2, 0.25) is 0 Å². The first-order chi connectivity index (χ1) is 8.65. The normalized spacial score (nSPS) is 19.3. The van der Waals surface area contributed by atoms with Gasteiger partial charge in [0.25, 0.3) is 0 Å². The van der Waals surface area contributed by atoms with Crippen molar-refractivity contribution in [2.75, 3.05) is 18.4 Å². The molecule has 1 aromatic carbocycles. The molecular weight excluding hydrogens is 273 g/mol. The minimum atomic E-state index is -0.220. The largest absolute Gasteiger partial charge is 0.334 e. The molecule has 1 aromatic rings. The number of halogens is 2. The molecule has 18 heavy (non-hydrogen) atoms. The first-order valence-corrected chi connectivity index (χ1v) is 6.64. The van der Waals surface area contributed by atoms with Crippen molar-refractivity contribution in [3.8, 4) is 0 Å². The van der Waals surface area contributed by atoms with Crippen LogP contribution in [0.4, 0.5) is 10.5 Å². The summed E-state index contributed by atoms with van der Waals surface area (Å²) in [5, 5.41) is 9.78. The number of carbonyl (C=O) groups is 1. The van der Waals surface area contributed by atoms with E-state index in [4.69, 9.17) is 23.2 Å². The quantitative estimate of drug-likeness (QED) is 0.783. The number of urea groups is 1. The molecule has 2 amide bonds. The van der Waals surface area contributed by atoms with Crippen LogP contribution in [0.5, 0.6) is 0 Å². The Morgan fingerprint density at radius 3 is 2.83 bits per heavy atom. The predicted molar refractivity (Wildman–Crippen MR) is 74.5 cm³/mol. The van der Waals surface area contributed by atoms with Gasteiger partial charge in [-0.3, -0.25) is 0 Å². The highest BCUT2D eigenvalue weighted by Gasteiger charge is 2.15. The lowest BCUT2D eigenvalue weighted by atomic mass is 10.1. The minimum absolute atomic E-state index is 0.182. The highest BCUT2D eigenvalue weighted by atomic mass is 35.5. The van der Waals surface area contributed by atoms with Gasteiger partial charge in [-0.25, -0.2) is 4.79 Å². The molecule has 6 heteroatoms. The average molecular weight is 288 g/mol. The van der Waals surface area contributed by atoms with Crippen molar-refractivity contribution in [1.29, 1.82) is 0 Å². The van der Waals surface area contributed by atoms with Crippen LogP contribution in [0.2, 0.25) is 10.0 Å². The fourth-order valence-electron chi connectivity index (χ4n) is 1.90. The van der Waals surface area contributed by atoms with E-state index in [-0.39, 0.29) is 12.1 Å².